The maximum atomic E-state index is 12.8. The first kappa shape index (κ1) is 25.9. The first-order chi connectivity index (χ1) is 16.0. The molecule has 0 bridgehead atoms. The number of amides is 2. The summed E-state index contributed by atoms with van der Waals surface area (Å²) in [5.74, 6) is 0.136. The molecule has 2 atom stereocenters. The Morgan fingerprint density at radius 1 is 0.941 bits per heavy atom. The summed E-state index contributed by atoms with van der Waals surface area (Å²) in [4.78, 5) is 24.1. The fourth-order valence-corrected chi connectivity index (χ4v) is 5.57. The molecule has 1 aliphatic rings. The van der Waals surface area contributed by atoms with Crippen LogP contribution >= 0.6 is 0 Å². The van der Waals surface area contributed by atoms with Gasteiger partial charge in [-0.15, -0.1) is 0 Å². The zero-order valence-corrected chi connectivity index (χ0v) is 21.2. The molecule has 2 aromatic rings. The van der Waals surface area contributed by atoms with Crippen LogP contribution in [0.2, 0.25) is 0 Å². The lowest BCUT2D eigenvalue weighted by atomic mass is 9.69. The third-order valence-corrected chi connectivity index (χ3v) is 7.78. The van der Waals surface area contributed by atoms with Crippen molar-refractivity contribution in [3.05, 3.63) is 59.7 Å². The summed E-state index contributed by atoms with van der Waals surface area (Å²) in [5, 5.41) is 5.83. The summed E-state index contributed by atoms with van der Waals surface area (Å²) in [6, 6.07) is 13.1. The van der Waals surface area contributed by atoms with Gasteiger partial charge in [0.2, 0.25) is 15.9 Å². The van der Waals surface area contributed by atoms with Crippen LogP contribution in [-0.2, 0) is 21.4 Å². The van der Waals surface area contributed by atoms with Gasteiger partial charge in [0, 0.05) is 30.8 Å². The Morgan fingerprint density at radius 2 is 1.56 bits per heavy atom. The van der Waals surface area contributed by atoms with E-state index in [1.165, 1.54) is 25.5 Å². The zero-order chi connectivity index (χ0) is 24.9. The second kappa shape index (κ2) is 10.7. The molecular formula is C26H35N3O4S. The Labute approximate surface area is 202 Å². The van der Waals surface area contributed by atoms with Gasteiger partial charge >= 0.3 is 0 Å². The van der Waals surface area contributed by atoms with Crippen LogP contribution in [0.25, 0.3) is 0 Å². The summed E-state index contributed by atoms with van der Waals surface area (Å²) in [6.45, 7) is 8.19. The molecule has 3 N–H and O–H groups in total. The zero-order valence-electron chi connectivity index (χ0n) is 20.4. The number of nitrogens with one attached hydrogen (secondary N) is 3. The van der Waals surface area contributed by atoms with Crippen LogP contribution < -0.4 is 15.4 Å². The molecule has 34 heavy (non-hydrogen) atoms. The fourth-order valence-electron chi connectivity index (χ4n) is 4.55. The van der Waals surface area contributed by atoms with Gasteiger partial charge in [-0.2, -0.15) is 0 Å². The SMILES string of the molecule is CC(=O)Nc1ccc(S(=O)(=O)NCc2ccc(C(=O)NC3CCCCC3C(C)(C)C)cc2)cc1. The van der Waals surface area contributed by atoms with Crippen molar-refractivity contribution in [3.63, 3.8) is 0 Å². The quantitative estimate of drug-likeness (QED) is 0.539. The summed E-state index contributed by atoms with van der Waals surface area (Å²) in [7, 11) is -3.71. The van der Waals surface area contributed by atoms with Gasteiger partial charge in [0.15, 0.2) is 0 Å². The number of rotatable bonds is 7. The maximum Gasteiger partial charge on any atom is 0.251 e. The van der Waals surface area contributed by atoms with Gasteiger partial charge in [-0.1, -0.05) is 45.7 Å². The summed E-state index contributed by atoms with van der Waals surface area (Å²) >= 11 is 0. The molecule has 0 heterocycles. The van der Waals surface area contributed by atoms with Crippen LogP contribution in [0.1, 0.15) is 69.3 Å². The van der Waals surface area contributed by atoms with E-state index in [0.717, 1.165) is 24.8 Å². The smallest absolute Gasteiger partial charge is 0.251 e. The van der Waals surface area contributed by atoms with Gasteiger partial charge in [-0.25, -0.2) is 13.1 Å². The summed E-state index contributed by atoms with van der Waals surface area (Å²) in [6.07, 6.45) is 4.47. The predicted molar refractivity (Wildman–Crippen MR) is 134 cm³/mol. The highest BCUT2D eigenvalue weighted by Gasteiger charge is 2.35. The van der Waals surface area contributed by atoms with Crippen LogP contribution in [0, 0.1) is 11.3 Å². The van der Waals surface area contributed by atoms with Crippen molar-refractivity contribution in [3.8, 4) is 0 Å². The van der Waals surface area contributed by atoms with Gasteiger partial charge in [0.05, 0.1) is 4.90 Å². The van der Waals surface area contributed by atoms with Crippen molar-refractivity contribution in [1.29, 1.82) is 0 Å². The fraction of sp³-hybridized carbons (Fsp3) is 0.462. The second-order valence-corrected chi connectivity index (χ2v) is 11.8. The molecular weight excluding hydrogens is 450 g/mol. The van der Waals surface area contributed by atoms with Crippen LogP contribution in [0.3, 0.4) is 0 Å². The molecule has 2 unspecified atom stereocenters. The third-order valence-electron chi connectivity index (χ3n) is 6.36. The molecule has 0 aromatic heterocycles. The molecule has 0 saturated heterocycles. The van der Waals surface area contributed by atoms with E-state index in [4.69, 9.17) is 0 Å². The van der Waals surface area contributed by atoms with E-state index in [1.54, 1.807) is 36.4 Å². The second-order valence-electron chi connectivity index (χ2n) is 10.1. The van der Waals surface area contributed by atoms with Crippen LogP contribution in [0.5, 0.6) is 0 Å². The van der Waals surface area contributed by atoms with Gasteiger partial charge in [0.25, 0.3) is 5.91 Å². The Bertz CT molecular complexity index is 1100. The Hall–Kier alpha value is -2.71. The predicted octanol–water partition coefficient (Wildman–Crippen LogP) is 4.46. The lowest BCUT2D eigenvalue weighted by Gasteiger charge is -2.40. The van der Waals surface area contributed by atoms with Gasteiger partial charge < -0.3 is 10.6 Å². The molecule has 1 saturated carbocycles. The van der Waals surface area contributed by atoms with Crippen LogP contribution in [0.4, 0.5) is 5.69 Å². The maximum absolute atomic E-state index is 12.8. The first-order valence-electron chi connectivity index (χ1n) is 11.7. The topological polar surface area (TPSA) is 104 Å². The van der Waals surface area contributed by atoms with Crippen molar-refractivity contribution in [2.24, 2.45) is 11.3 Å². The number of carbonyl (C=O) groups excluding carboxylic acids is 2. The molecule has 7 nitrogen and oxygen atoms in total. The van der Waals surface area contributed by atoms with Crippen molar-refractivity contribution < 1.29 is 18.0 Å². The average molecular weight is 486 g/mol. The molecule has 0 aliphatic heterocycles. The van der Waals surface area contributed by atoms with Gasteiger partial charge in [0.1, 0.15) is 0 Å². The van der Waals surface area contributed by atoms with E-state index in [2.05, 4.69) is 36.1 Å². The normalized spacial score (nSPS) is 18.8. The average Bonchev–Trinajstić information content (AvgIpc) is 2.78. The highest BCUT2D eigenvalue weighted by molar-refractivity contribution is 7.89. The van der Waals surface area contributed by atoms with Crippen molar-refractivity contribution in [2.45, 2.75) is 70.9 Å². The van der Waals surface area contributed by atoms with Gasteiger partial charge in [-0.3, -0.25) is 9.59 Å². The lowest BCUT2D eigenvalue weighted by Crippen LogP contribution is -2.46. The Kier molecular flexibility index (Phi) is 8.15. The summed E-state index contributed by atoms with van der Waals surface area (Å²) in [5.41, 5.74) is 1.99. The number of hydrogen-bond acceptors (Lipinski definition) is 4. The van der Waals surface area contributed by atoms with Crippen molar-refractivity contribution in [1.82, 2.24) is 10.0 Å². The summed E-state index contributed by atoms with van der Waals surface area (Å²) < 4.78 is 27.7. The molecule has 184 valence electrons. The highest BCUT2D eigenvalue weighted by atomic mass is 32.2. The van der Waals surface area contributed by atoms with Crippen LogP contribution in [0.15, 0.2) is 53.4 Å². The molecule has 2 amide bonds. The monoisotopic (exact) mass is 485 g/mol. The number of carbonyl (C=O) groups is 2. The van der Waals surface area contributed by atoms with E-state index < -0.39 is 10.0 Å². The molecule has 8 heteroatoms. The van der Waals surface area contributed by atoms with Gasteiger partial charge in [-0.05, 0) is 66.1 Å². The minimum Gasteiger partial charge on any atom is -0.349 e. The van der Waals surface area contributed by atoms with Crippen molar-refractivity contribution >= 4 is 27.5 Å². The number of hydrogen-bond donors (Lipinski definition) is 3. The minimum atomic E-state index is -3.71. The van der Waals surface area contributed by atoms with Crippen LogP contribution in [-0.4, -0.2) is 26.3 Å². The van der Waals surface area contributed by atoms with E-state index in [9.17, 15) is 18.0 Å². The van der Waals surface area contributed by atoms with Crippen molar-refractivity contribution in [2.75, 3.05) is 5.32 Å². The lowest BCUT2D eigenvalue weighted by molar-refractivity contribution is -0.114. The molecule has 0 spiro atoms. The minimum absolute atomic E-state index is 0.0902. The first-order valence-corrected chi connectivity index (χ1v) is 13.2. The molecule has 0 radical (unpaired) electrons. The van der Waals surface area contributed by atoms with E-state index in [-0.39, 0.29) is 34.7 Å². The van der Waals surface area contributed by atoms with E-state index >= 15 is 0 Å². The largest absolute Gasteiger partial charge is 0.349 e. The Balaban J connectivity index is 1.59. The number of anilines is 1. The number of benzene rings is 2. The third kappa shape index (κ3) is 6.90. The Morgan fingerprint density at radius 3 is 2.15 bits per heavy atom. The molecule has 3 rings (SSSR count). The molecule has 2 aromatic carbocycles. The highest BCUT2D eigenvalue weighted by Crippen LogP contribution is 2.38. The molecule has 1 fully saturated rings. The van der Waals surface area contributed by atoms with E-state index in [1.807, 2.05) is 0 Å². The molecule has 1 aliphatic carbocycles. The van der Waals surface area contributed by atoms with E-state index in [0.29, 0.717) is 17.2 Å². The standard InChI is InChI=1S/C26H35N3O4S/c1-18(30)28-21-13-15-22(16-14-21)34(32,33)27-17-19-9-11-20(12-10-19)25(31)29-24-8-6-5-7-23(24)26(2,3)4/h9-16,23-24,27H,5-8,17H2,1-4H3,(H,28,30)(H,29,31). The number of sulfonamides is 1.